The Labute approximate surface area is 259 Å². The number of ether oxygens (including phenoxy) is 1. The first kappa shape index (κ1) is 40.3. The third kappa shape index (κ3) is 27.1. The molecule has 0 saturated heterocycles. The number of hydrogen-bond donors (Lipinski definition) is 0. The second-order valence-corrected chi connectivity index (χ2v) is 10.8. The van der Waals surface area contributed by atoms with Crippen molar-refractivity contribution < 1.29 is 63.5 Å². The Balaban J connectivity index is 0. The summed E-state index contributed by atoms with van der Waals surface area (Å²) >= 11 is 0. The van der Waals surface area contributed by atoms with Crippen molar-refractivity contribution in [2.24, 2.45) is 0 Å². The number of unbranched alkanes of at least 4 members (excludes halogenated alkanes) is 9. The van der Waals surface area contributed by atoms with Crippen LogP contribution in [0.2, 0.25) is 0 Å². The van der Waals surface area contributed by atoms with Crippen LogP contribution in [0.4, 0.5) is 0 Å². The van der Waals surface area contributed by atoms with Gasteiger partial charge in [0, 0.05) is 13.2 Å². The molecule has 0 bridgehead atoms. The van der Waals surface area contributed by atoms with Gasteiger partial charge < -0.3 is 9.29 Å². The van der Waals surface area contributed by atoms with Crippen LogP contribution in [0.5, 0.6) is 0 Å². The van der Waals surface area contributed by atoms with E-state index in [-0.39, 0.29) is 36.2 Å². The Bertz CT molecular complexity index is 963. The first-order valence-corrected chi connectivity index (χ1v) is 16.1. The summed E-state index contributed by atoms with van der Waals surface area (Å²) in [5, 5.41) is 0. The van der Waals surface area contributed by atoms with Crippen LogP contribution >= 0.6 is 0 Å². The van der Waals surface area contributed by atoms with Gasteiger partial charge >= 0.3 is 40.0 Å². The van der Waals surface area contributed by atoms with E-state index < -0.39 is 20.8 Å². The summed E-state index contributed by atoms with van der Waals surface area (Å²) in [7, 11) is -10.1. The number of rotatable bonds is 17. The maximum Gasteiger partial charge on any atom is 1.00 e. The van der Waals surface area contributed by atoms with E-state index in [0.717, 1.165) is 32.5 Å². The molecule has 218 valence electrons. The molecule has 0 spiro atoms. The summed E-state index contributed by atoms with van der Waals surface area (Å²) in [4.78, 5) is 0. The van der Waals surface area contributed by atoms with Gasteiger partial charge in [0.15, 0.2) is 0 Å². The van der Waals surface area contributed by atoms with Gasteiger partial charge in [0.1, 0.15) is 0 Å². The molecule has 11 heteroatoms. The third-order valence-electron chi connectivity index (χ3n) is 5.18. The van der Waals surface area contributed by atoms with Crippen molar-refractivity contribution in [1.29, 1.82) is 0 Å². The monoisotopic (exact) mass is 596 g/mol. The van der Waals surface area contributed by atoms with Crippen LogP contribution < -0.4 is 29.6 Å². The van der Waals surface area contributed by atoms with Crippen molar-refractivity contribution in [2.45, 2.75) is 85.0 Å². The normalized spacial score (nSPS) is 10.9. The average molecular weight is 597 g/mol. The summed E-state index contributed by atoms with van der Waals surface area (Å²) in [6.07, 6.45) is 10.8. The van der Waals surface area contributed by atoms with Crippen molar-refractivity contribution >= 4 is 20.8 Å². The van der Waals surface area contributed by atoms with Crippen LogP contribution in [0.1, 0.15) is 85.0 Å². The first-order valence-electron chi connectivity index (χ1n) is 13.4. The fourth-order valence-electron chi connectivity index (χ4n) is 3.34. The molecule has 0 amide bonds. The molecule has 0 aromatic heterocycles. The van der Waals surface area contributed by atoms with Gasteiger partial charge in [-0.15, -0.1) is 3.63 Å². The molecular formula is C28H45NaO8S2. The Morgan fingerprint density at radius 1 is 0.615 bits per heavy atom. The van der Waals surface area contributed by atoms with Crippen molar-refractivity contribution in [3.8, 4) is 11.1 Å². The van der Waals surface area contributed by atoms with Gasteiger partial charge in [0.05, 0.1) is 6.61 Å². The zero-order valence-electron chi connectivity index (χ0n) is 24.0. The van der Waals surface area contributed by atoms with Gasteiger partial charge in [-0.25, -0.2) is 12.6 Å². The SMILES string of the molecule is CCCCCCCCCCCCOS(=O)(=O)OS(=O)(=O)[O-].CCOCC.[Na+].c1ccc(-c2ccccc2)cc1. The molecule has 0 aliphatic rings. The molecule has 2 rings (SSSR count). The fraction of sp³-hybridized carbons (Fsp3) is 0.571. The summed E-state index contributed by atoms with van der Waals surface area (Å²) in [6, 6.07) is 20.8. The molecule has 39 heavy (non-hydrogen) atoms. The number of benzene rings is 2. The van der Waals surface area contributed by atoms with E-state index in [1.54, 1.807) is 0 Å². The van der Waals surface area contributed by atoms with Gasteiger partial charge in [-0.1, -0.05) is 125 Å². The Morgan fingerprint density at radius 2 is 1.00 bits per heavy atom. The maximum atomic E-state index is 10.9. The standard InChI is InChI=1S/C12H26O7S2.C12H10.C4H10O.Na/c1-2-3-4-5-6-7-8-9-10-11-12-18-21(16,17)19-20(13,14)15;1-3-7-11(8-4-1)12-9-5-2-6-10-12;1-3-5-4-2;/h2-12H2,1H3,(H,13,14,15);1-10H;3-4H2,1-2H3;/q;;;+1/p-1. The Morgan fingerprint density at radius 3 is 1.33 bits per heavy atom. The molecule has 2 aromatic rings. The van der Waals surface area contributed by atoms with Crippen LogP contribution in [0, 0.1) is 0 Å². The zero-order valence-corrected chi connectivity index (χ0v) is 27.7. The van der Waals surface area contributed by atoms with E-state index in [1.165, 1.54) is 49.7 Å². The second-order valence-electron chi connectivity index (χ2n) is 8.40. The minimum Gasteiger partial charge on any atom is -0.725 e. The first-order chi connectivity index (χ1) is 18.1. The molecule has 0 radical (unpaired) electrons. The van der Waals surface area contributed by atoms with Crippen LogP contribution in [0.25, 0.3) is 11.1 Å². The summed E-state index contributed by atoms with van der Waals surface area (Å²) in [5.74, 6) is 0. The van der Waals surface area contributed by atoms with E-state index in [4.69, 9.17) is 4.74 Å². The quantitative estimate of drug-likeness (QED) is 0.116. The van der Waals surface area contributed by atoms with Gasteiger partial charge in [-0.2, -0.15) is 8.42 Å². The minimum atomic E-state index is -5.31. The molecule has 0 aliphatic heterocycles. The predicted molar refractivity (Wildman–Crippen MR) is 152 cm³/mol. The van der Waals surface area contributed by atoms with Crippen molar-refractivity contribution in [3.05, 3.63) is 60.7 Å². The van der Waals surface area contributed by atoms with Gasteiger partial charge in [0.25, 0.3) is 0 Å². The smallest absolute Gasteiger partial charge is 0.725 e. The van der Waals surface area contributed by atoms with Gasteiger partial charge in [0.2, 0.25) is 10.4 Å². The molecular weight excluding hydrogens is 551 g/mol. The summed E-state index contributed by atoms with van der Waals surface area (Å²) in [6.45, 7) is 7.66. The molecule has 2 aromatic carbocycles. The van der Waals surface area contributed by atoms with E-state index in [9.17, 15) is 21.4 Å². The zero-order chi connectivity index (χ0) is 28.5. The molecule has 0 unspecified atom stereocenters. The molecule has 0 atom stereocenters. The molecule has 8 nitrogen and oxygen atoms in total. The fourth-order valence-corrected chi connectivity index (χ4v) is 4.63. The minimum absolute atomic E-state index is 0. The van der Waals surface area contributed by atoms with Crippen molar-refractivity contribution in [1.82, 2.24) is 0 Å². The van der Waals surface area contributed by atoms with Gasteiger partial charge in [-0.05, 0) is 31.4 Å². The van der Waals surface area contributed by atoms with E-state index in [0.29, 0.717) is 6.42 Å². The average Bonchev–Trinajstić information content (AvgIpc) is 2.88. The van der Waals surface area contributed by atoms with E-state index >= 15 is 0 Å². The number of hydrogen-bond acceptors (Lipinski definition) is 8. The third-order valence-corrected chi connectivity index (χ3v) is 6.97. The maximum absolute atomic E-state index is 10.9. The van der Waals surface area contributed by atoms with Crippen molar-refractivity contribution in [3.63, 3.8) is 0 Å². The van der Waals surface area contributed by atoms with E-state index in [1.807, 2.05) is 26.0 Å². The second kappa shape index (κ2) is 26.1. The van der Waals surface area contributed by atoms with Gasteiger partial charge in [-0.3, -0.25) is 0 Å². The largest absolute Gasteiger partial charge is 1.00 e. The predicted octanol–water partition coefficient (Wildman–Crippen LogP) is 4.05. The molecule has 0 heterocycles. The Kier molecular flexibility index (Phi) is 27.0. The molecule has 0 saturated carbocycles. The van der Waals surface area contributed by atoms with Crippen molar-refractivity contribution in [2.75, 3.05) is 19.8 Å². The molecule has 0 N–H and O–H groups in total. The summed E-state index contributed by atoms with van der Waals surface area (Å²) in [5.41, 5.74) is 2.55. The van der Waals surface area contributed by atoms with Crippen LogP contribution in [-0.2, 0) is 33.3 Å². The van der Waals surface area contributed by atoms with Crippen LogP contribution in [0.15, 0.2) is 60.7 Å². The topological polar surface area (TPSA) is 119 Å². The van der Waals surface area contributed by atoms with Crippen LogP contribution in [0.3, 0.4) is 0 Å². The van der Waals surface area contributed by atoms with E-state index in [2.05, 4.69) is 63.3 Å². The molecule has 0 fully saturated rings. The van der Waals surface area contributed by atoms with Crippen LogP contribution in [-0.4, -0.2) is 41.2 Å². The molecule has 0 aliphatic carbocycles. The Hall–Kier alpha value is -0.820. The summed E-state index contributed by atoms with van der Waals surface area (Å²) < 4.78 is 64.5.